The van der Waals surface area contributed by atoms with Crippen LogP contribution in [0.2, 0.25) is 0 Å². The van der Waals surface area contributed by atoms with Crippen molar-refractivity contribution in [3.8, 4) is 5.75 Å². The molecule has 1 aromatic carbocycles. The smallest absolute Gasteiger partial charge is 0.282 e. The van der Waals surface area contributed by atoms with E-state index in [0.717, 1.165) is 4.88 Å². The van der Waals surface area contributed by atoms with E-state index < -0.39 is 0 Å². The van der Waals surface area contributed by atoms with Crippen LogP contribution in [-0.4, -0.2) is 64.3 Å². The molecule has 0 saturated heterocycles. The topological polar surface area (TPSA) is 68.3 Å². The van der Waals surface area contributed by atoms with Gasteiger partial charge in [0.05, 0.1) is 31.6 Å². The van der Waals surface area contributed by atoms with Crippen LogP contribution in [0, 0.1) is 0 Å². The van der Waals surface area contributed by atoms with E-state index in [9.17, 15) is 9.59 Å². The van der Waals surface area contributed by atoms with Gasteiger partial charge in [-0.1, -0.05) is 6.07 Å². The number of methoxy groups -OCH3 is 3. The van der Waals surface area contributed by atoms with Crippen molar-refractivity contribution in [3.05, 3.63) is 52.4 Å². The molecule has 1 aliphatic heterocycles. The Morgan fingerprint density at radius 3 is 2.10 bits per heavy atom. The van der Waals surface area contributed by atoms with Crippen molar-refractivity contribution in [2.75, 3.05) is 52.5 Å². The van der Waals surface area contributed by atoms with Crippen LogP contribution in [0.15, 0.2) is 47.5 Å². The van der Waals surface area contributed by atoms with E-state index in [1.807, 2.05) is 22.4 Å². The molecule has 0 bridgehead atoms. The molecule has 1 aliphatic rings. The van der Waals surface area contributed by atoms with Crippen LogP contribution in [0.5, 0.6) is 5.75 Å². The second-order valence-corrected chi connectivity index (χ2v) is 7.26. The van der Waals surface area contributed by atoms with Crippen molar-refractivity contribution in [1.82, 2.24) is 4.90 Å². The minimum atomic E-state index is -0.351. The zero-order valence-corrected chi connectivity index (χ0v) is 17.5. The van der Waals surface area contributed by atoms with E-state index in [2.05, 4.69) is 0 Å². The van der Waals surface area contributed by atoms with Gasteiger partial charge in [0, 0.05) is 32.2 Å². The molecule has 0 fully saturated rings. The molecule has 0 spiro atoms. The first kappa shape index (κ1) is 21.0. The third kappa shape index (κ3) is 4.34. The van der Waals surface area contributed by atoms with Crippen LogP contribution >= 0.6 is 11.3 Å². The maximum absolute atomic E-state index is 13.4. The summed E-state index contributed by atoms with van der Waals surface area (Å²) in [4.78, 5) is 30.7. The quantitative estimate of drug-likeness (QED) is 0.555. The molecule has 2 amide bonds. The Morgan fingerprint density at radius 1 is 0.931 bits per heavy atom. The van der Waals surface area contributed by atoms with Crippen LogP contribution in [0.25, 0.3) is 5.57 Å². The summed E-state index contributed by atoms with van der Waals surface area (Å²) in [5.41, 5.74) is 1.29. The number of nitrogens with zero attached hydrogens (tertiary/aromatic N) is 2. The third-order valence-corrected chi connectivity index (χ3v) is 5.49. The summed E-state index contributed by atoms with van der Waals surface area (Å²) >= 11 is 1.43. The lowest BCUT2D eigenvalue weighted by Crippen LogP contribution is -2.37. The average Bonchev–Trinajstić information content (AvgIpc) is 3.35. The number of benzene rings is 1. The van der Waals surface area contributed by atoms with Crippen molar-refractivity contribution in [3.63, 3.8) is 0 Å². The second kappa shape index (κ2) is 9.69. The summed E-state index contributed by atoms with van der Waals surface area (Å²) in [6, 6.07) is 10.6. The fraction of sp³-hybridized carbons (Fsp3) is 0.333. The van der Waals surface area contributed by atoms with Gasteiger partial charge in [-0.15, -0.1) is 11.3 Å². The Labute approximate surface area is 174 Å². The lowest BCUT2D eigenvalue weighted by molar-refractivity contribution is -0.120. The fourth-order valence-corrected chi connectivity index (χ4v) is 3.92. The van der Waals surface area contributed by atoms with Crippen LogP contribution in [0.3, 0.4) is 0 Å². The van der Waals surface area contributed by atoms with Gasteiger partial charge in [0.1, 0.15) is 11.4 Å². The van der Waals surface area contributed by atoms with E-state index in [-0.39, 0.29) is 11.8 Å². The lowest BCUT2D eigenvalue weighted by atomic mass is 10.1. The molecule has 154 valence electrons. The molecule has 29 heavy (non-hydrogen) atoms. The molecule has 0 atom stereocenters. The summed E-state index contributed by atoms with van der Waals surface area (Å²) in [5, 5.41) is 1.89. The van der Waals surface area contributed by atoms with Gasteiger partial charge in [0.25, 0.3) is 11.8 Å². The molecule has 2 heterocycles. The molecular weight excluding hydrogens is 392 g/mol. The minimum Gasteiger partial charge on any atom is -0.497 e. The standard InChI is InChI=1S/C21H24N2O5S/c1-26-12-10-22(11-13-27-2)19-18(17-5-4-14-29-17)20(24)23(21(19)25)15-6-8-16(28-3)9-7-15/h4-9,14H,10-13H2,1-3H3. The van der Waals surface area contributed by atoms with E-state index in [1.54, 1.807) is 45.6 Å². The normalized spacial score (nSPS) is 14.1. The predicted molar refractivity (Wildman–Crippen MR) is 112 cm³/mol. The Bertz CT molecular complexity index is 869. The minimum absolute atomic E-state index is 0.336. The van der Waals surface area contributed by atoms with Gasteiger partial charge in [-0.3, -0.25) is 9.59 Å². The highest BCUT2D eigenvalue weighted by molar-refractivity contribution is 7.11. The van der Waals surface area contributed by atoms with Crippen LogP contribution in [0.4, 0.5) is 5.69 Å². The molecule has 1 aromatic heterocycles. The van der Waals surface area contributed by atoms with Gasteiger partial charge >= 0.3 is 0 Å². The van der Waals surface area contributed by atoms with Gasteiger partial charge < -0.3 is 19.1 Å². The van der Waals surface area contributed by atoms with E-state index in [4.69, 9.17) is 14.2 Å². The van der Waals surface area contributed by atoms with Gasteiger partial charge in [0.2, 0.25) is 0 Å². The summed E-state index contributed by atoms with van der Waals surface area (Å²) in [7, 11) is 4.78. The highest BCUT2D eigenvalue weighted by Gasteiger charge is 2.42. The van der Waals surface area contributed by atoms with E-state index in [1.165, 1.54) is 16.2 Å². The van der Waals surface area contributed by atoms with Crippen molar-refractivity contribution in [2.24, 2.45) is 0 Å². The number of hydrogen-bond donors (Lipinski definition) is 0. The van der Waals surface area contributed by atoms with E-state index >= 15 is 0 Å². The molecule has 0 N–H and O–H groups in total. The first-order chi connectivity index (χ1) is 14.1. The largest absolute Gasteiger partial charge is 0.497 e. The van der Waals surface area contributed by atoms with Crippen LogP contribution in [0.1, 0.15) is 4.88 Å². The molecule has 0 saturated carbocycles. The molecule has 0 unspecified atom stereocenters. The molecular formula is C21H24N2O5S. The predicted octanol–water partition coefficient (Wildman–Crippen LogP) is 2.64. The summed E-state index contributed by atoms with van der Waals surface area (Å²) in [5.74, 6) is -0.0328. The Morgan fingerprint density at radius 2 is 1.59 bits per heavy atom. The first-order valence-electron chi connectivity index (χ1n) is 9.16. The summed E-state index contributed by atoms with van der Waals surface area (Å²) in [6.07, 6.45) is 0. The zero-order chi connectivity index (χ0) is 20.8. The van der Waals surface area contributed by atoms with Gasteiger partial charge in [-0.2, -0.15) is 0 Å². The monoisotopic (exact) mass is 416 g/mol. The Kier molecular flexibility index (Phi) is 7.03. The number of carbonyl (C=O) groups is 2. The Balaban J connectivity index is 2.04. The zero-order valence-electron chi connectivity index (χ0n) is 16.7. The SMILES string of the molecule is COCCN(CCOC)C1=C(c2cccs2)C(=O)N(c2ccc(OC)cc2)C1=O. The lowest BCUT2D eigenvalue weighted by Gasteiger charge is -2.25. The number of carbonyl (C=O) groups excluding carboxylic acids is 2. The molecule has 0 aliphatic carbocycles. The summed E-state index contributed by atoms with van der Waals surface area (Å²) < 4.78 is 15.6. The maximum atomic E-state index is 13.4. The van der Waals surface area contributed by atoms with Crippen LogP contribution < -0.4 is 9.64 Å². The number of imide groups is 1. The number of rotatable bonds is 10. The number of ether oxygens (including phenoxy) is 3. The average molecular weight is 416 g/mol. The number of thiophene rings is 1. The second-order valence-electron chi connectivity index (χ2n) is 6.32. The first-order valence-corrected chi connectivity index (χ1v) is 10.0. The van der Waals surface area contributed by atoms with Crippen molar-refractivity contribution < 1.29 is 23.8 Å². The van der Waals surface area contributed by atoms with Gasteiger partial charge in [0.15, 0.2) is 0 Å². The van der Waals surface area contributed by atoms with E-state index in [0.29, 0.717) is 49.0 Å². The molecule has 0 radical (unpaired) electrons. The highest BCUT2D eigenvalue weighted by atomic mass is 32.1. The van der Waals surface area contributed by atoms with Gasteiger partial charge in [-0.25, -0.2) is 4.90 Å². The van der Waals surface area contributed by atoms with Crippen molar-refractivity contribution in [1.29, 1.82) is 0 Å². The third-order valence-electron chi connectivity index (χ3n) is 4.60. The van der Waals surface area contributed by atoms with Crippen LogP contribution in [-0.2, 0) is 19.1 Å². The molecule has 2 aromatic rings. The molecule has 7 nitrogen and oxygen atoms in total. The molecule has 8 heteroatoms. The summed E-state index contributed by atoms with van der Waals surface area (Å²) in [6.45, 7) is 1.79. The maximum Gasteiger partial charge on any atom is 0.282 e. The highest BCUT2D eigenvalue weighted by Crippen LogP contribution is 2.36. The molecule has 3 rings (SSSR count). The number of anilines is 1. The number of amides is 2. The number of hydrogen-bond acceptors (Lipinski definition) is 7. The van der Waals surface area contributed by atoms with Crippen molar-refractivity contribution in [2.45, 2.75) is 0 Å². The Hall–Kier alpha value is -2.68. The van der Waals surface area contributed by atoms with Gasteiger partial charge in [-0.05, 0) is 35.7 Å². The van der Waals surface area contributed by atoms with Crippen molar-refractivity contribution >= 4 is 34.4 Å². The fourth-order valence-electron chi connectivity index (χ4n) is 3.16.